The molecule has 0 bridgehead atoms. The molecule has 5 heteroatoms. The topological polar surface area (TPSA) is 53.3 Å². The Morgan fingerprint density at radius 2 is 2.10 bits per heavy atom. The van der Waals surface area contributed by atoms with E-state index in [0.29, 0.717) is 19.4 Å². The first-order chi connectivity index (χ1) is 10.1. The molecular formula is C16H19FN2O2. The number of para-hydroxylation sites is 1. The molecule has 0 atom stereocenters. The minimum Gasteiger partial charge on any atom is -0.489 e. The van der Waals surface area contributed by atoms with Crippen molar-refractivity contribution in [3.8, 4) is 11.8 Å². The summed E-state index contributed by atoms with van der Waals surface area (Å²) < 4.78 is 18.7. The predicted molar refractivity (Wildman–Crippen MR) is 76.0 cm³/mol. The van der Waals surface area contributed by atoms with Gasteiger partial charge in [-0.05, 0) is 25.0 Å². The number of rotatable bonds is 5. The number of benzene rings is 1. The van der Waals surface area contributed by atoms with E-state index in [4.69, 9.17) is 4.74 Å². The molecule has 1 amide bonds. The number of amides is 1. The Morgan fingerprint density at radius 1 is 1.43 bits per heavy atom. The molecule has 4 nitrogen and oxygen atoms in total. The molecule has 0 unspecified atom stereocenters. The second-order valence-corrected chi connectivity index (χ2v) is 5.41. The van der Waals surface area contributed by atoms with Gasteiger partial charge >= 0.3 is 0 Å². The number of ether oxygens (including phenoxy) is 1. The van der Waals surface area contributed by atoms with Gasteiger partial charge < -0.3 is 9.64 Å². The Kier molecular flexibility index (Phi) is 4.79. The number of halogens is 1. The van der Waals surface area contributed by atoms with Crippen LogP contribution in [0.4, 0.5) is 4.39 Å². The molecule has 0 radical (unpaired) electrons. The molecule has 1 aromatic carbocycles. The third kappa shape index (κ3) is 3.33. The van der Waals surface area contributed by atoms with Crippen LogP contribution < -0.4 is 4.74 Å². The zero-order valence-electron chi connectivity index (χ0n) is 12.1. The van der Waals surface area contributed by atoms with Gasteiger partial charge in [-0.3, -0.25) is 4.79 Å². The van der Waals surface area contributed by atoms with Gasteiger partial charge in [-0.2, -0.15) is 5.26 Å². The number of carbonyl (C=O) groups is 1. The van der Waals surface area contributed by atoms with Crippen LogP contribution in [-0.2, 0) is 4.79 Å². The van der Waals surface area contributed by atoms with Crippen molar-refractivity contribution in [1.29, 1.82) is 5.26 Å². The van der Waals surface area contributed by atoms with E-state index in [1.54, 1.807) is 25.2 Å². The normalized spacial score (nSPS) is 16.2. The van der Waals surface area contributed by atoms with Crippen molar-refractivity contribution in [1.82, 2.24) is 4.90 Å². The lowest BCUT2D eigenvalue weighted by Gasteiger charge is -2.26. The van der Waals surface area contributed by atoms with Gasteiger partial charge in [-0.15, -0.1) is 0 Å². The zero-order valence-corrected chi connectivity index (χ0v) is 12.1. The third-order valence-corrected chi connectivity index (χ3v) is 3.95. The standard InChI is InChI=1S/C16H19FN2O2/c1-19(15(20)16(12-18)8-4-5-9-16)10-11-21-14-7-3-2-6-13(14)17/h2-3,6-7H,4-5,8-11H2,1H3. The molecule has 0 saturated heterocycles. The van der Waals surface area contributed by atoms with Crippen LogP contribution in [0.25, 0.3) is 0 Å². The van der Waals surface area contributed by atoms with E-state index in [2.05, 4.69) is 6.07 Å². The van der Waals surface area contributed by atoms with Gasteiger partial charge in [-0.25, -0.2) is 4.39 Å². The van der Waals surface area contributed by atoms with Gasteiger partial charge in [0.15, 0.2) is 11.6 Å². The average Bonchev–Trinajstić information content (AvgIpc) is 2.98. The molecule has 2 rings (SSSR count). The monoisotopic (exact) mass is 290 g/mol. The van der Waals surface area contributed by atoms with Crippen molar-refractivity contribution < 1.29 is 13.9 Å². The number of likely N-dealkylation sites (N-methyl/N-ethyl adjacent to an activating group) is 1. The highest BCUT2D eigenvalue weighted by Crippen LogP contribution is 2.38. The summed E-state index contributed by atoms with van der Waals surface area (Å²) in [6, 6.07) is 8.34. The largest absolute Gasteiger partial charge is 0.489 e. The molecule has 0 heterocycles. The highest BCUT2D eigenvalue weighted by molar-refractivity contribution is 5.85. The Labute approximate surface area is 124 Å². The summed E-state index contributed by atoms with van der Waals surface area (Å²) >= 11 is 0. The summed E-state index contributed by atoms with van der Waals surface area (Å²) in [7, 11) is 1.66. The molecule has 0 N–H and O–H groups in total. The summed E-state index contributed by atoms with van der Waals surface area (Å²) in [5.74, 6) is -0.399. The van der Waals surface area contributed by atoms with E-state index in [9.17, 15) is 14.4 Å². The predicted octanol–water partition coefficient (Wildman–Crippen LogP) is 2.75. The van der Waals surface area contributed by atoms with Crippen LogP contribution in [0.2, 0.25) is 0 Å². The molecule has 1 fully saturated rings. The first-order valence-electron chi connectivity index (χ1n) is 7.13. The molecule has 0 aliphatic heterocycles. The smallest absolute Gasteiger partial charge is 0.242 e. The minimum atomic E-state index is -0.868. The SMILES string of the molecule is CN(CCOc1ccccc1F)C(=O)C1(C#N)CCCC1. The summed E-state index contributed by atoms with van der Waals surface area (Å²) in [4.78, 5) is 13.9. The van der Waals surface area contributed by atoms with Crippen LogP contribution in [0.3, 0.4) is 0 Å². The summed E-state index contributed by atoms with van der Waals surface area (Å²) in [5, 5.41) is 9.30. The maximum Gasteiger partial charge on any atom is 0.242 e. The minimum absolute atomic E-state index is 0.153. The number of hydrogen-bond acceptors (Lipinski definition) is 3. The number of nitrogens with zero attached hydrogens (tertiary/aromatic N) is 2. The van der Waals surface area contributed by atoms with Gasteiger partial charge in [0.2, 0.25) is 5.91 Å². The van der Waals surface area contributed by atoms with Crippen molar-refractivity contribution >= 4 is 5.91 Å². The van der Waals surface area contributed by atoms with Gasteiger partial charge in [-0.1, -0.05) is 25.0 Å². The van der Waals surface area contributed by atoms with Crippen molar-refractivity contribution in [2.45, 2.75) is 25.7 Å². The fourth-order valence-electron chi connectivity index (χ4n) is 2.67. The van der Waals surface area contributed by atoms with E-state index in [-0.39, 0.29) is 18.3 Å². The van der Waals surface area contributed by atoms with E-state index in [1.807, 2.05) is 0 Å². The van der Waals surface area contributed by atoms with Crippen LogP contribution in [0.5, 0.6) is 5.75 Å². The Morgan fingerprint density at radius 3 is 2.71 bits per heavy atom. The first kappa shape index (κ1) is 15.3. The third-order valence-electron chi connectivity index (χ3n) is 3.95. The van der Waals surface area contributed by atoms with Gasteiger partial charge in [0, 0.05) is 7.05 Å². The molecule has 21 heavy (non-hydrogen) atoms. The highest BCUT2D eigenvalue weighted by Gasteiger charge is 2.43. The van der Waals surface area contributed by atoms with Crippen LogP contribution in [-0.4, -0.2) is 31.0 Å². The van der Waals surface area contributed by atoms with E-state index < -0.39 is 11.2 Å². The number of carbonyl (C=O) groups excluding carboxylic acids is 1. The van der Waals surface area contributed by atoms with E-state index in [0.717, 1.165) is 12.8 Å². The Hall–Kier alpha value is -2.09. The first-order valence-corrected chi connectivity index (χ1v) is 7.13. The fourth-order valence-corrected chi connectivity index (χ4v) is 2.67. The molecular weight excluding hydrogens is 271 g/mol. The van der Waals surface area contributed by atoms with Gasteiger partial charge in [0.05, 0.1) is 12.6 Å². The van der Waals surface area contributed by atoms with Gasteiger partial charge in [0.1, 0.15) is 12.0 Å². The maximum absolute atomic E-state index is 13.4. The summed E-state index contributed by atoms with van der Waals surface area (Å²) in [5.41, 5.74) is -0.868. The molecule has 1 saturated carbocycles. The Bertz CT molecular complexity index is 547. The van der Waals surface area contributed by atoms with Crippen LogP contribution >= 0.6 is 0 Å². The molecule has 112 valence electrons. The van der Waals surface area contributed by atoms with E-state index >= 15 is 0 Å². The lowest BCUT2D eigenvalue weighted by Crippen LogP contribution is -2.41. The second-order valence-electron chi connectivity index (χ2n) is 5.41. The number of nitriles is 1. The highest BCUT2D eigenvalue weighted by atomic mass is 19.1. The van der Waals surface area contributed by atoms with Crippen LogP contribution in [0.1, 0.15) is 25.7 Å². The van der Waals surface area contributed by atoms with Crippen LogP contribution in [0.15, 0.2) is 24.3 Å². The molecule has 1 aromatic rings. The lowest BCUT2D eigenvalue weighted by atomic mass is 9.86. The quantitative estimate of drug-likeness (QED) is 0.838. The average molecular weight is 290 g/mol. The van der Waals surface area contributed by atoms with Crippen LogP contribution in [0, 0.1) is 22.6 Å². The Balaban J connectivity index is 1.87. The summed E-state index contributed by atoms with van der Waals surface area (Å²) in [6.07, 6.45) is 3.08. The van der Waals surface area contributed by atoms with Crippen molar-refractivity contribution in [3.05, 3.63) is 30.1 Å². The van der Waals surface area contributed by atoms with Crippen molar-refractivity contribution in [3.63, 3.8) is 0 Å². The molecule has 0 aromatic heterocycles. The van der Waals surface area contributed by atoms with Gasteiger partial charge in [0.25, 0.3) is 0 Å². The fraction of sp³-hybridized carbons (Fsp3) is 0.500. The van der Waals surface area contributed by atoms with Crippen molar-refractivity contribution in [2.24, 2.45) is 5.41 Å². The molecule has 1 aliphatic rings. The number of hydrogen-bond donors (Lipinski definition) is 0. The lowest BCUT2D eigenvalue weighted by molar-refractivity contribution is -0.137. The van der Waals surface area contributed by atoms with Crippen molar-refractivity contribution in [2.75, 3.05) is 20.2 Å². The zero-order chi connectivity index (χ0) is 15.3. The second kappa shape index (κ2) is 6.57. The maximum atomic E-state index is 13.4. The summed E-state index contributed by atoms with van der Waals surface area (Å²) in [6.45, 7) is 0.529. The van der Waals surface area contributed by atoms with E-state index in [1.165, 1.54) is 11.0 Å². The molecule has 1 aliphatic carbocycles. The molecule has 0 spiro atoms.